The van der Waals surface area contributed by atoms with Gasteiger partial charge in [-0.25, -0.2) is 9.97 Å². The van der Waals surface area contributed by atoms with Crippen molar-refractivity contribution in [2.24, 2.45) is 5.92 Å². The van der Waals surface area contributed by atoms with Crippen molar-refractivity contribution in [2.45, 2.75) is 52.9 Å². The molecule has 0 bridgehead atoms. The van der Waals surface area contributed by atoms with Gasteiger partial charge in [0.25, 0.3) is 0 Å². The van der Waals surface area contributed by atoms with Crippen LogP contribution in [0.4, 0.5) is 0 Å². The molecule has 0 amide bonds. The van der Waals surface area contributed by atoms with Crippen LogP contribution in [-0.4, -0.2) is 23.1 Å². The van der Waals surface area contributed by atoms with Crippen LogP contribution in [0.5, 0.6) is 0 Å². The molecule has 3 heteroatoms. The minimum atomic E-state index is 0.604. The van der Waals surface area contributed by atoms with Crippen LogP contribution in [0.25, 0.3) is 0 Å². The van der Waals surface area contributed by atoms with Gasteiger partial charge in [-0.3, -0.25) is 0 Å². The van der Waals surface area contributed by atoms with E-state index in [1.807, 2.05) is 0 Å². The number of aromatic nitrogens is 2. The van der Waals surface area contributed by atoms with Crippen molar-refractivity contribution in [2.75, 3.05) is 13.1 Å². The molecule has 1 aromatic rings. The third-order valence-electron chi connectivity index (χ3n) is 3.67. The van der Waals surface area contributed by atoms with Crippen LogP contribution in [0.2, 0.25) is 0 Å². The summed E-state index contributed by atoms with van der Waals surface area (Å²) in [5.74, 6) is 2.23. The molecule has 1 aliphatic heterocycles. The molecule has 0 aromatic carbocycles. The third-order valence-corrected chi connectivity index (χ3v) is 3.67. The van der Waals surface area contributed by atoms with Gasteiger partial charge in [0.1, 0.15) is 5.82 Å². The van der Waals surface area contributed by atoms with Crippen LogP contribution in [0, 0.1) is 19.8 Å². The Labute approximate surface area is 110 Å². The number of nitrogens with one attached hydrogen (secondary N) is 1. The number of hydrogen-bond donors (Lipinski definition) is 1. The highest BCUT2D eigenvalue weighted by Crippen LogP contribution is 2.27. The van der Waals surface area contributed by atoms with Gasteiger partial charge >= 0.3 is 0 Å². The van der Waals surface area contributed by atoms with Gasteiger partial charge in [0.05, 0.1) is 0 Å². The Hall–Kier alpha value is -0.960. The van der Waals surface area contributed by atoms with E-state index in [1.165, 1.54) is 29.8 Å². The van der Waals surface area contributed by atoms with Gasteiger partial charge in [-0.1, -0.05) is 13.8 Å². The number of aryl methyl sites for hydroxylation is 2. The maximum Gasteiger partial charge on any atom is 0.129 e. The van der Waals surface area contributed by atoms with Crippen LogP contribution < -0.4 is 5.32 Å². The van der Waals surface area contributed by atoms with Gasteiger partial charge in [0.2, 0.25) is 0 Å². The molecule has 0 saturated carbocycles. The molecule has 0 spiro atoms. The molecular weight excluding hydrogens is 222 g/mol. The Morgan fingerprint density at radius 2 is 1.89 bits per heavy atom. The molecule has 2 rings (SSSR count). The summed E-state index contributed by atoms with van der Waals surface area (Å²) in [7, 11) is 0. The number of nitrogens with zero attached hydrogens (tertiary/aromatic N) is 2. The average Bonchev–Trinajstić information content (AvgIpc) is 2.28. The second-order valence-corrected chi connectivity index (χ2v) is 5.87. The number of hydrogen-bond acceptors (Lipinski definition) is 3. The fraction of sp³-hybridized carbons (Fsp3) is 0.733. The van der Waals surface area contributed by atoms with E-state index < -0.39 is 0 Å². The molecule has 2 heterocycles. The molecule has 1 aromatic heterocycles. The first-order chi connectivity index (χ1) is 8.58. The molecular formula is C15H25N3. The van der Waals surface area contributed by atoms with E-state index in [1.54, 1.807) is 0 Å². The van der Waals surface area contributed by atoms with Crippen LogP contribution in [0.3, 0.4) is 0 Å². The predicted molar refractivity (Wildman–Crippen MR) is 74.9 cm³/mol. The van der Waals surface area contributed by atoms with Gasteiger partial charge in [0, 0.05) is 24.4 Å². The summed E-state index contributed by atoms with van der Waals surface area (Å²) in [5, 5.41) is 3.48. The van der Waals surface area contributed by atoms with Gasteiger partial charge in [-0.05, 0) is 50.6 Å². The molecule has 1 fully saturated rings. The Kier molecular flexibility index (Phi) is 4.33. The van der Waals surface area contributed by atoms with Crippen molar-refractivity contribution in [1.82, 2.24) is 15.3 Å². The Bertz CT molecular complexity index is 383. The summed E-state index contributed by atoms with van der Waals surface area (Å²) in [6, 6.07) is 0. The molecule has 0 aliphatic carbocycles. The predicted octanol–water partition coefficient (Wildman–Crippen LogP) is 2.76. The van der Waals surface area contributed by atoms with Crippen molar-refractivity contribution < 1.29 is 0 Å². The Morgan fingerprint density at radius 3 is 2.39 bits per heavy atom. The average molecular weight is 247 g/mol. The molecule has 1 aliphatic rings. The molecule has 1 unspecified atom stereocenters. The second kappa shape index (κ2) is 5.79. The van der Waals surface area contributed by atoms with E-state index in [9.17, 15) is 0 Å². The quantitative estimate of drug-likeness (QED) is 0.892. The van der Waals surface area contributed by atoms with Gasteiger partial charge in [0.15, 0.2) is 0 Å². The minimum absolute atomic E-state index is 0.604. The van der Waals surface area contributed by atoms with Crippen LogP contribution in [0.1, 0.15) is 55.4 Å². The van der Waals surface area contributed by atoms with Crippen molar-refractivity contribution in [3.63, 3.8) is 0 Å². The van der Waals surface area contributed by atoms with Gasteiger partial charge in [-0.15, -0.1) is 0 Å². The lowest BCUT2D eigenvalue weighted by molar-refractivity contribution is 0.455. The highest BCUT2D eigenvalue weighted by atomic mass is 14.9. The summed E-state index contributed by atoms with van der Waals surface area (Å²) in [6.07, 6.45) is 3.50. The summed E-state index contributed by atoms with van der Waals surface area (Å²) in [5.41, 5.74) is 3.76. The van der Waals surface area contributed by atoms with E-state index in [4.69, 9.17) is 9.97 Å². The molecule has 3 nitrogen and oxygen atoms in total. The van der Waals surface area contributed by atoms with Crippen LogP contribution in [-0.2, 0) is 6.42 Å². The first-order valence-electron chi connectivity index (χ1n) is 7.12. The topological polar surface area (TPSA) is 37.8 Å². The maximum atomic E-state index is 4.71. The Balaban J connectivity index is 2.25. The first kappa shape index (κ1) is 13.5. The summed E-state index contributed by atoms with van der Waals surface area (Å²) in [6.45, 7) is 10.9. The zero-order chi connectivity index (χ0) is 13.1. The van der Waals surface area contributed by atoms with E-state index in [2.05, 4.69) is 33.0 Å². The van der Waals surface area contributed by atoms with Crippen molar-refractivity contribution in [1.29, 1.82) is 0 Å². The van der Waals surface area contributed by atoms with Crippen molar-refractivity contribution >= 4 is 0 Å². The zero-order valence-corrected chi connectivity index (χ0v) is 12.1. The van der Waals surface area contributed by atoms with E-state index in [0.717, 1.165) is 25.3 Å². The number of rotatable bonds is 3. The molecule has 100 valence electrons. The van der Waals surface area contributed by atoms with Crippen LogP contribution >= 0.6 is 0 Å². The fourth-order valence-corrected chi connectivity index (χ4v) is 2.94. The molecule has 18 heavy (non-hydrogen) atoms. The van der Waals surface area contributed by atoms with Crippen LogP contribution in [0.15, 0.2) is 0 Å². The van der Waals surface area contributed by atoms with Gasteiger partial charge in [-0.2, -0.15) is 0 Å². The minimum Gasteiger partial charge on any atom is -0.316 e. The molecule has 0 radical (unpaired) electrons. The van der Waals surface area contributed by atoms with E-state index >= 15 is 0 Å². The standard InChI is InChI=1S/C15H25N3/c1-10(2)8-14-17-11(3)15(12(4)18-14)13-6-5-7-16-9-13/h10,13,16H,5-9H2,1-4H3. The summed E-state index contributed by atoms with van der Waals surface area (Å²) >= 11 is 0. The summed E-state index contributed by atoms with van der Waals surface area (Å²) < 4.78 is 0. The SMILES string of the molecule is Cc1nc(CC(C)C)nc(C)c1C1CCCNC1. The summed E-state index contributed by atoms with van der Waals surface area (Å²) in [4.78, 5) is 9.42. The maximum absolute atomic E-state index is 4.71. The van der Waals surface area contributed by atoms with Gasteiger partial charge < -0.3 is 5.32 Å². The monoisotopic (exact) mass is 247 g/mol. The largest absolute Gasteiger partial charge is 0.316 e. The lowest BCUT2D eigenvalue weighted by atomic mass is 9.89. The number of piperidine rings is 1. The highest BCUT2D eigenvalue weighted by molar-refractivity contribution is 5.29. The molecule has 1 N–H and O–H groups in total. The van der Waals surface area contributed by atoms with Crippen molar-refractivity contribution in [3.8, 4) is 0 Å². The van der Waals surface area contributed by atoms with E-state index in [-0.39, 0.29) is 0 Å². The molecule has 1 saturated heterocycles. The third kappa shape index (κ3) is 3.08. The zero-order valence-electron chi connectivity index (χ0n) is 12.1. The van der Waals surface area contributed by atoms with E-state index in [0.29, 0.717) is 11.8 Å². The highest BCUT2D eigenvalue weighted by Gasteiger charge is 2.21. The smallest absolute Gasteiger partial charge is 0.129 e. The fourth-order valence-electron chi connectivity index (χ4n) is 2.94. The molecule has 1 atom stereocenters. The first-order valence-corrected chi connectivity index (χ1v) is 7.12. The Morgan fingerprint density at radius 1 is 1.22 bits per heavy atom. The lowest BCUT2D eigenvalue weighted by Gasteiger charge is -2.25. The lowest BCUT2D eigenvalue weighted by Crippen LogP contribution is -2.29. The normalized spacial score (nSPS) is 20.4. The second-order valence-electron chi connectivity index (χ2n) is 5.87. The van der Waals surface area contributed by atoms with Crippen molar-refractivity contribution in [3.05, 3.63) is 22.8 Å².